The van der Waals surface area contributed by atoms with Gasteiger partial charge in [-0.15, -0.1) is 0 Å². The number of Topliss-reactive ketones (excluding diaryl/α,β-unsaturated/α-hetero) is 1. The Morgan fingerprint density at radius 3 is 2.71 bits per heavy atom. The van der Waals surface area contributed by atoms with E-state index in [2.05, 4.69) is 10.3 Å². The summed E-state index contributed by atoms with van der Waals surface area (Å²) in [7, 11) is 0. The van der Waals surface area contributed by atoms with Gasteiger partial charge in [-0.1, -0.05) is 25.1 Å². The van der Waals surface area contributed by atoms with Crippen LogP contribution in [0.2, 0.25) is 0 Å². The minimum atomic E-state index is -0.615. The van der Waals surface area contributed by atoms with Crippen molar-refractivity contribution in [3.8, 4) is 0 Å². The average Bonchev–Trinajstić information content (AvgIpc) is 2.37. The number of fused-ring (bicyclic) bond motifs is 1. The fourth-order valence-corrected chi connectivity index (χ4v) is 1.48. The predicted molar refractivity (Wildman–Crippen MR) is 65.7 cm³/mol. The lowest BCUT2D eigenvalue weighted by atomic mass is 10.2. The molecule has 0 radical (unpaired) electrons. The Kier molecular flexibility index (Phi) is 3.14. The van der Waals surface area contributed by atoms with Gasteiger partial charge in [0, 0.05) is 11.8 Å². The Morgan fingerprint density at radius 1 is 1.18 bits per heavy atom. The van der Waals surface area contributed by atoms with Gasteiger partial charge in [0.2, 0.25) is 5.78 Å². The summed E-state index contributed by atoms with van der Waals surface area (Å²) in [5.41, 5.74) is 0.786. The van der Waals surface area contributed by atoms with E-state index in [0.717, 1.165) is 10.9 Å². The van der Waals surface area contributed by atoms with Gasteiger partial charge in [0.1, 0.15) is 5.82 Å². The normalized spacial score (nSPS) is 10.2. The smallest absolute Gasteiger partial charge is 0.292 e. The minimum absolute atomic E-state index is 0.194. The van der Waals surface area contributed by atoms with Crippen LogP contribution in [0.25, 0.3) is 10.9 Å². The summed E-state index contributed by atoms with van der Waals surface area (Å²) in [4.78, 5) is 26.8. The maximum atomic E-state index is 11.4. The van der Waals surface area contributed by atoms with Crippen molar-refractivity contribution >= 4 is 28.4 Å². The van der Waals surface area contributed by atoms with Crippen molar-refractivity contribution in [3.63, 3.8) is 0 Å². The van der Waals surface area contributed by atoms with E-state index in [0.29, 0.717) is 5.82 Å². The highest BCUT2D eigenvalue weighted by atomic mass is 16.2. The molecule has 1 aromatic heterocycles. The second-order valence-corrected chi connectivity index (χ2v) is 3.62. The predicted octanol–water partition coefficient (Wildman–Crippen LogP) is 2.15. The van der Waals surface area contributed by atoms with E-state index in [1.807, 2.05) is 30.3 Å². The molecule has 0 bridgehead atoms. The molecule has 4 nitrogen and oxygen atoms in total. The highest BCUT2D eigenvalue weighted by molar-refractivity contribution is 6.40. The summed E-state index contributed by atoms with van der Waals surface area (Å²) in [6.45, 7) is 1.65. The van der Waals surface area contributed by atoms with Gasteiger partial charge in [-0.25, -0.2) is 4.98 Å². The number of carbonyl (C=O) groups is 2. The van der Waals surface area contributed by atoms with Crippen LogP contribution in [-0.4, -0.2) is 16.7 Å². The van der Waals surface area contributed by atoms with Crippen molar-refractivity contribution in [2.45, 2.75) is 13.3 Å². The lowest BCUT2D eigenvalue weighted by Gasteiger charge is -2.03. The molecule has 0 atom stereocenters. The van der Waals surface area contributed by atoms with Crippen LogP contribution in [0, 0.1) is 0 Å². The van der Waals surface area contributed by atoms with Crippen LogP contribution >= 0.6 is 0 Å². The standard InChI is InChI=1S/C13H12N2O2/c1-2-11(16)13(17)15-12-8-7-9-5-3-4-6-10(9)14-12/h3-8H,2H2,1H3,(H,14,15,17). The monoisotopic (exact) mass is 228 g/mol. The van der Waals surface area contributed by atoms with Crippen LogP contribution in [0.15, 0.2) is 36.4 Å². The van der Waals surface area contributed by atoms with Gasteiger partial charge in [0.15, 0.2) is 0 Å². The molecule has 0 aliphatic carbocycles. The van der Waals surface area contributed by atoms with Crippen LogP contribution in [0.1, 0.15) is 13.3 Å². The van der Waals surface area contributed by atoms with E-state index in [4.69, 9.17) is 0 Å². The first-order valence-corrected chi connectivity index (χ1v) is 5.40. The van der Waals surface area contributed by atoms with Gasteiger partial charge in [0.25, 0.3) is 5.91 Å². The molecule has 0 unspecified atom stereocenters. The molecular formula is C13H12N2O2. The molecule has 1 N–H and O–H groups in total. The van der Waals surface area contributed by atoms with Crippen molar-refractivity contribution in [3.05, 3.63) is 36.4 Å². The van der Waals surface area contributed by atoms with Crippen LogP contribution < -0.4 is 5.32 Å². The molecule has 2 aromatic rings. The van der Waals surface area contributed by atoms with E-state index < -0.39 is 11.7 Å². The molecule has 0 fully saturated rings. The number of nitrogens with one attached hydrogen (secondary N) is 1. The van der Waals surface area contributed by atoms with E-state index >= 15 is 0 Å². The summed E-state index contributed by atoms with van der Waals surface area (Å²) in [6.07, 6.45) is 0.194. The van der Waals surface area contributed by atoms with Gasteiger partial charge < -0.3 is 5.32 Å². The molecule has 0 saturated carbocycles. The van der Waals surface area contributed by atoms with E-state index in [1.165, 1.54) is 0 Å². The largest absolute Gasteiger partial charge is 0.304 e. The van der Waals surface area contributed by atoms with Crippen molar-refractivity contribution in [1.29, 1.82) is 0 Å². The number of pyridine rings is 1. The molecule has 1 amide bonds. The third kappa shape index (κ3) is 2.47. The summed E-state index contributed by atoms with van der Waals surface area (Å²) in [5.74, 6) is -0.661. The Labute approximate surface area is 98.7 Å². The molecule has 2 rings (SSSR count). The number of carbonyl (C=O) groups excluding carboxylic acids is 2. The second kappa shape index (κ2) is 4.74. The molecule has 1 heterocycles. The van der Waals surface area contributed by atoms with Gasteiger partial charge in [-0.05, 0) is 18.2 Å². The molecule has 0 aliphatic rings. The molecule has 17 heavy (non-hydrogen) atoms. The SMILES string of the molecule is CCC(=O)C(=O)Nc1ccc2ccccc2n1. The number of hydrogen-bond acceptors (Lipinski definition) is 3. The van der Waals surface area contributed by atoms with Crippen molar-refractivity contribution in [2.24, 2.45) is 0 Å². The zero-order chi connectivity index (χ0) is 12.3. The third-order valence-corrected chi connectivity index (χ3v) is 2.41. The highest BCUT2D eigenvalue weighted by Crippen LogP contribution is 2.14. The summed E-state index contributed by atoms with van der Waals surface area (Å²) >= 11 is 0. The van der Waals surface area contributed by atoms with Crippen LogP contribution in [0.5, 0.6) is 0 Å². The number of nitrogens with zero attached hydrogens (tertiary/aromatic N) is 1. The van der Waals surface area contributed by atoms with Crippen LogP contribution in [0.3, 0.4) is 0 Å². The average molecular weight is 228 g/mol. The quantitative estimate of drug-likeness (QED) is 0.819. The lowest BCUT2D eigenvalue weighted by Crippen LogP contribution is -2.22. The van der Waals surface area contributed by atoms with E-state index in [9.17, 15) is 9.59 Å². The van der Waals surface area contributed by atoms with Gasteiger partial charge >= 0.3 is 0 Å². The number of rotatable bonds is 3. The zero-order valence-corrected chi connectivity index (χ0v) is 9.43. The molecule has 1 aromatic carbocycles. The maximum absolute atomic E-state index is 11.4. The summed E-state index contributed by atoms with van der Waals surface area (Å²) in [6, 6.07) is 11.1. The van der Waals surface area contributed by atoms with Crippen LogP contribution in [-0.2, 0) is 9.59 Å². The lowest BCUT2D eigenvalue weighted by molar-refractivity contribution is -0.134. The fourth-order valence-electron chi connectivity index (χ4n) is 1.48. The first-order valence-electron chi connectivity index (χ1n) is 5.40. The van der Waals surface area contributed by atoms with Crippen molar-refractivity contribution < 1.29 is 9.59 Å². The number of ketones is 1. The molecule has 4 heteroatoms. The number of aromatic nitrogens is 1. The molecule has 0 saturated heterocycles. The van der Waals surface area contributed by atoms with Gasteiger partial charge in [-0.3, -0.25) is 9.59 Å². The highest BCUT2D eigenvalue weighted by Gasteiger charge is 2.11. The van der Waals surface area contributed by atoms with Crippen LogP contribution in [0.4, 0.5) is 5.82 Å². The first-order chi connectivity index (χ1) is 8.20. The molecule has 0 spiro atoms. The van der Waals surface area contributed by atoms with E-state index in [-0.39, 0.29) is 6.42 Å². The van der Waals surface area contributed by atoms with Gasteiger partial charge in [-0.2, -0.15) is 0 Å². The number of amides is 1. The van der Waals surface area contributed by atoms with Crippen molar-refractivity contribution in [1.82, 2.24) is 4.98 Å². The minimum Gasteiger partial charge on any atom is -0.304 e. The topological polar surface area (TPSA) is 59.1 Å². The summed E-state index contributed by atoms with van der Waals surface area (Å²) < 4.78 is 0. The second-order valence-electron chi connectivity index (χ2n) is 3.62. The number of para-hydroxylation sites is 1. The van der Waals surface area contributed by atoms with E-state index in [1.54, 1.807) is 13.0 Å². The third-order valence-electron chi connectivity index (χ3n) is 2.41. The number of benzene rings is 1. The zero-order valence-electron chi connectivity index (χ0n) is 9.43. The molecule has 0 aliphatic heterocycles. The Bertz CT molecular complexity index is 578. The fraction of sp³-hybridized carbons (Fsp3) is 0.154. The van der Waals surface area contributed by atoms with Gasteiger partial charge in [0.05, 0.1) is 5.52 Å². The summed E-state index contributed by atoms with van der Waals surface area (Å²) in [5, 5.41) is 3.48. The molecular weight excluding hydrogens is 216 g/mol. The Balaban J connectivity index is 2.25. The Hall–Kier alpha value is -2.23. The number of hydrogen-bond donors (Lipinski definition) is 1. The molecule has 86 valence electrons. The first kappa shape index (κ1) is 11.3. The number of anilines is 1. The maximum Gasteiger partial charge on any atom is 0.292 e. The van der Waals surface area contributed by atoms with Crippen molar-refractivity contribution in [2.75, 3.05) is 5.32 Å². The Morgan fingerprint density at radius 2 is 1.94 bits per heavy atom.